The van der Waals surface area contributed by atoms with Gasteiger partial charge in [-0.1, -0.05) is 42.5 Å². The molecule has 1 aliphatic heterocycles. The van der Waals surface area contributed by atoms with E-state index < -0.39 is 0 Å². The monoisotopic (exact) mass is 226 g/mol. The van der Waals surface area contributed by atoms with Crippen molar-refractivity contribution in [2.45, 2.75) is 12.0 Å². The summed E-state index contributed by atoms with van der Waals surface area (Å²) < 4.78 is 0. The number of nitrogens with two attached hydrogens (primary N) is 1. The molecular formula is C15H18N2. The van der Waals surface area contributed by atoms with Gasteiger partial charge in [-0.25, -0.2) is 0 Å². The summed E-state index contributed by atoms with van der Waals surface area (Å²) in [5.74, 6) is 0.464. The Hall–Kier alpha value is -1.38. The average Bonchev–Trinajstić information content (AvgIpc) is 2.68. The second-order valence-electron chi connectivity index (χ2n) is 5.06. The van der Waals surface area contributed by atoms with Gasteiger partial charge in [0.1, 0.15) is 0 Å². The van der Waals surface area contributed by atoms with Gasteiger partial charge in [0.05, 0.1) is 0 Å². The van der Waals surface area contributed by atoms with Crippen LogP contribution in [-0.4, -0.2) is 31.1 Å². The van der Waals surface area contributed by atoms with Gasteiger partial charge in [0, 0.05) is 25.0 Å². The summed E-state index contributed by atoms with van der Waals surface area (Å²) in [7, 11) is 2.14. The summed E-state index contributed by atoms with van der Waals surface area (Å²) in [6, 6.07) is 15.4. The molecule has 0 bridgehead atoms. The van der Waals surface area contributed by atoms with Crippen molar-refractivity contribution in [2.75, 3.05) is 20.1 Å². The fraction of sp³-hybridized carbons (Fsp3) is 0.333. The third-order valence-electron chi connectivity index (χ3n) is 3.77. The van der Waals surface area contributed by atoms with Crippen LogP contribution in [0.15, 0.2) is 42.5 Å². The lowest BCUT2D eigenvalue weighted by Gasteiger charge is -2.17. The van der Waals surface area contributed by atoms with Crippen molar-refractivity contribution in [2.24, 2.45) is 5.73 Å². The maximum absolute atomic E-state index is 6.25. The molecule has 0 saturated carbocycles. The number of hydrogen-bond donors (Lipinski definition) is 1. The Labute approximate surface area is 102 Å². The van der Waals surface area contributed by atoms with Gasteiger partial charge in [-0.15, -0.1) is 0 Å². The van der Waals surface area contributed by atoms with Crippen LogP contribution in [-0.2, 0) is 0 Å². The van der Waals surface area contributed by atoms with E-state index in [0.29, 0.717) is 5.92 Å². The van der Waals surface area contributed by atoms with Crippen LogP contribution in [0.3, 0.4) is 0 Å². The van der Waals surface area contributed by atoms with Gasteiger partial charge in [0.25, 0.3) is 0 Å². The topological polar surface area (TPSA) is 29.3 Å². The Morgan fingerprint density at radius 3 is 2.59 bits per heavy atom. The van der Waals surface area contributed by atoms with E-state index in [9.17, 15) is 0 Å². The van der Waals surface area contributed by atoms with Crippen molar-refractivity contribution in [1.29, 1.82) is 0 Å². The van der Waals surface area contributed by atoms with Crippen LogP contribution >= 0.6 is 0 Å². The zero-order valence-electron chi connectivity index (χ0n) is 10.1. The minimum absolute atomic E-state index is 0.255. The summed E-state index contributed by atoms with van der Waals surface area (Å²) in [6.07, 6.45) is 0. The smallest absolute Gasteiger partial charge is 0.0250 e. The van der Waals surface area contributed by atoms with E-state index in [1.807, 2.05) is 0 Å². The first-order valence-corrected chi connectivity index (χ1v) is 6.17. The van der Waals surface area contributed by atoms with Gasteiger partial charge in [-0.3, -0.25) is 0 Å². The minimum atomic E-state index is 0.255. The highest BCUT2D eigenvalue weighted by Gasteiger charge is 2.29. The third-order valence-corrected chi connectivity index (χ3v) is 3.77. The number of fused-ring (bicyclic) bond motifs is 1. The van der Waals surface area contributed by atoms with E-state index in [4.69, 9.17) is 5.73 Å². The largest absolute Gasteiger partial charge is 0.326 e. The molecule has 2 aromatic carbocycles. The van der Waals surface area contributed by atoms with Crippen LogP contribution in [0, 0.1) is 0 Å². The lowest BCUT2D eigenvalue weighted by molar-refractivity contribution is 0.408. The maximum atomic E-state index is 6.25. The first-order valence-electron chi connectivity index (χ1n) is 6.17. The Morgan fingerprint density at radius 1 is 1.06 bits per heavy atom. The highest BCUT2D eigenvalue weighted by Crippen LogP contribution is 2.31. The van der Waals surface area contributed by atoms with Crippen molar-refractivity contribution >= 4 is 10.8 Å². The molecule has 0 unspecified atom stereocenters. The summed E-state index contributed by atoms with van der Waals surface area (Å²) in [6.45, 7) is 2.06. The summed E-state index contributed by atoms with van der Waals surface area (Å²) in [5.41, 5.74) is 7.65. The molecule has 0 aromatic heterocycles. The van der Waals surface area contributed by atoms with Crippen LogP contribution in [0.25, 0.3) is 10.8 Å². The van der Waals surface area contributed by atoms with E-state index in [0.717, 1.165) is 13.1 Å². The molecule has 2 atom stereocenters. The normalized spacial score (nSPS) is 25.5. The van der Waals surface area contributed by atoms with Crippen LogP contribution in [0.5, 0.6) is 0 Å². The van der Waals surface area contributed by atoms with Gasteiger partial charge in [0.15, 0.2) is 0 Å². The highest BCUT2D eigenvalue weighted by molar-refractivity contribution is 5.86. The standard InChI is InChI=1S/C15H18N2/c1-17-9-14(15(16)10-17)13-8-4-6-11-5-2-3-7-12(11)13/h2-8,14-15H,9-10,16H2,1H3/t14-,15+/m0/s1. The van der Waals surface area contributed by atoms with Crippen LogP contribution in [0.4, 0.5) is 0 Å². The lowest BCUT2D eigenvalue weighted by atomic mass is 9.90. The van der Waals surface area contributed by atoms with Gasteiger partial charge < -0.3 is 10.6 Å². The van der Waals surface area contributed by atoms with Crippen molar-refractivity contribution in [1.82, 2.24) is 4.90 Å². The van der Waals surface area contributed by atoms with Gasteiger partial charge in [-0.2, -0.15) is 0 Å². The second kappa shape index (κ2) is 4.13. The number of benzene rings is 2. The molecule has 0 aliphatic carbocycles. The molecule has 88 valence electrons. The van der Waals surface area contributed by atoms with Crippen LogP contribution < -0.4 is 5.73 Å². The van der Waals surface area contributed by atoms with Crippen molar-refractivity contribution in [3.8, 4) is 0 Å². The Morgan fingerprint density at radius 2 is 1.82 bits per heavy atom. The summed E-state index contributed by atoms with van der Waals surface area (Å²) in [4.78, 5) is 2.32. The van der Waals surface area contributed by atoms with E-state index in [1.165, 1.54) is 16.3 Å². The molecule has 17 heavy (non-hydrogen) atoms. The lowest BCUT2D eigenvalue weighted by Crippen LogP contribution is -2.27. The molecule has 1 aliphatic rings. The minimum Gasteiger partial charge on any atom is -0.326 e. The number of likely N-dealkylation sites (tertiary alicyclic amines) is 1. The molecule has 2 nitrogen and oxygen atoms in total. The molecular weight excluding hydrogens is 208 g/mol. The van der Waals surface area contributed by atoms with Gasteiger partial charge >= 0.3 is 0 Å². The molecule has 0 amide bonds. The van der Waals surface area contributed by atoms with E-state index in [2.05, 4.69) is 54.4 Å². The van der Waals surface area contributed by atoms with Crippen molar-refractivity contribution in [3.05, 3.63) is 48.0 Å². The van der Waals surface area contributed by atoms with Gasteiger partial charge in [0.2, 0.25) is 0 Å². The SMILES string of the molecule is CN1C[C@@H](N)[C@H](c2cccc3ccccc23)C1. The second-order valence-corrected chi connectivity index (χ2v) is 5.06. The molecule has 3 rings (SSSR count). The molecule has 1 heterocycles. The Bertz CT molecular complexity index is 530. The number of likely N-dealkylation sites (N-methyl/N-ethyl adjacent to an activating group) is 1. The van der Waals surface area contributed by atoms with E-state index in [-0.39, 0.29) is 6.04 Å². The molecule has 2 heteroatoms. The Kier molecular flexibility index (Phi) is 2.61. The quantitative estimate of drug-likeness (QED) is 0.807. The van der Waals surface area contributed by atoms with Gasteiger partial charge in [-0.05, 0) is 23.4 Å². The fourth-order valence-electron chi connectivity index (χ4n) is 2.94. The number of hydrogen-bond acceptors (Lipinski definition) is 2. The number of rotatable bonds is 1. The zero-order valence-corrected chi connectivity index (χ0v) is 10.1. The average molecular weight is 226 g/mol. The van der Waals surface area contributed by atoms with Crippen LogP contribution in [0.1, 0.15) is 11.5 Å². The first-order chi connectivity index (χ1) is 8.25. The predicted octanol–water partition coefficient (Wildman–Crippen LogP) is 2.20. The van der Waals surface area contributed by atoms with Crippen LogP contribution in [0.2, 0.25) is 0 Å². The molecule has 1 fully saturated rings. The molecule has 2 N–H and O–H groups in total. The van der Waals surface area contributed by atoms with Crippen molar-refractivity contribution < 1.29 is 0 Å². The summed E-state index contributed by atoms with van der Waals surface area (Å²) in [5, 5.41) is 2.66. The summed E-state index contributed by atoms with van der Waals surface area (Å²) >= 11 is 0. The predicted molar refractivity (Wildman–Crippen MR) is 72.2 cm³/mol. The molecule has 0 radical (unpaired) electrons. The molecule has 1 saturated heterocycles. The van der Waals surface area contributed by atoms with Crippen molar-refractivity contribution in [3.63, 3.8) is 0 Å². The maximum Gasteiger partial charge on any atom is 0.0250 e. The highest BCUT2D eigenvalue weighted by atomic mass is 15.1. The Balaban J connectivity index is 2.11. The third kappa shape index (κ3) is 1.84. The number of nitrogens with zero attached hydrogens (tertiary/aromatic N) is 1. The van der Waals surface area contributed by atoms with E-state index >= 15 is 0 Å². The molecule has 2 aromatic rings. The molecule has 0 spiro atoms. The zero-order chi connectivity index (χ0) is 11.8. The first kappa shape index (κ1) is 10.8. The van der Waals surface area contributed by atoms with E-state index in [1.54, 1.807) is 0 Å². The fourth-order valence-corrected chi connectivity index (χ4v) is 2.94.